The van der Waals surface area contributed by atoms with Gasteiger partial charge in [0.2, 0.25) is 0 Å². The lowest BCUT2D eigenvalue weighted by molar-refractivity contribution is 0.0926. The van der Waals surface area contributed by atoms with Crippen molar-refractivity contribution < 1.29 is 18.4 Å². The number of benzene rings is 1. The molecule has 5 rings (SSSR count). The van der Waals surface area contributed by atoms with Crippen LogP contribution in [0, 0.1) is 6.92 Å². The van der Waals surface area contributed by atoms with Gasteiger partial charge in [-0.05, 0) is 44.0 Å². The summed E-state index contributed by atoms with van der Waals surface area (Å²) in [7, 11) is 0. The number of anilines is 1. The van der Waals surface area contributed by atoms with Gasteiger partial charge in [-0.25, -0.2) is 5.43 Å². The molecule has 0 spiro atoms. The van der Waals surface area contributed by atoms with Gasteiger partial charge in [0.1, 0.15) is 5.76 Å². The molecule has 0 bridgehead atoms. The van der Waals surface area contributed by atoms with Crippen LogP contribution in [0.4, 0.5) is 5.69 Å². The largest absolute Gasteiger partial charge is 0.459 e. The smallest absolute Gasteiger partial charge is 0.307 e. The Morgan fingerprint density at radius 1 is 1.06 bits per heavy atom. The lowest BCUT2D eigenvalue weighted by atomic mass is 9.93. The van der Waals surface area contributed by atoms with Crippen LogP contribution >= 0.6 is 0 Å². The quantitative estimate of drug-likeness (QED) is 0.467. The SMILES string of the molecule is Cc1c(C(=O)Nc2cccc3cccnc23)oc2c1/C(=N/NC(=O)c1ccco1)CCC2. The number of amides is 2. The molecule has 1 aliphatic carbocycles. The molecule has 0 fully saturated rings. The Morgan fingerprint density at radius 2 is 1.94 bits per heavy atom. The number of aromatic nitrogens is 1. The molecule has 1 aromatic carbocycles. The maximum Gasteiger partial charge on any atom is 0.307 e. The summed E-state index contributed by atoms with van der Waals surface area (Å²) in [5, 5.41) is 8.14. The van der Waals surface area contributed by atoms with Gasteiger partial charge in [0.05, 0.1) is 23.2 Å². The Balaban J connectivity index is 1.42. The average Bonchev–Trinajstić information content (AvgIpc) is 3.47. The van der Waals surface area contributed by atoms with E-state index in [1.54, 1.807) is 18.3 Å². The highest BCUT2D eigenvalue weighted by molar-refractivity contribution is 6.11. The summed E-state index contributed by atoms with van der Waals surface area (Å²) in [6, 6.07) is 12.6. The highest BCUT2D eigenvalue weighted by atomic mass is 16.4. The van der Waals surface area contributed by atoms with Gasteiger partial charge in [0.25, 0.3) is 5.91 Å². The number of furan rings is 2. The fraction of sp³-hybridized carbons (Fsp3) is 0.167. The average molecular weight is 428 g/mol. The molecule has 1 aliphatic rings. The second kappa shape index (κ2) is 8.14. The Labute approximate surface area is 183 Å². The van der Waals surface area contributed by atoms with Crippen molar-refractivity contribution in [3.63, 3.8) is 0 Å². The van der Waals surface area contributed by atoms with E-state index in [1.807, 2.05) is 37.3 Å². The number of carbonyl (C=O) groups is 2. The standard InChI is InChI=1S/C24H20N4O4/c1-14-20-16(27-28-23(29)19-11-5-13-31-19)8-3-10-18(20)32-22(14)24(30)26-17-9-2-6-15-7-4-12-25-21(15)17/h2,4-7,9,11-13H,3,8,10H2,1H3,(H,26,30)(H,28,29)/b27-16+. The van der Waals surface area contributed by atoms with Crippen LogP contribution in [0.3, 0.4) is 0 Å². The number of para-hydroxylation sites is 1. The summed E-state index contributed by atoms with van der Waals surface area (Å²) in [5.41, 5.74) is 5.99. The molecule has 2 amide bonds. The lowest BCUT2D eigenvalue weighted by Crippen LogP contribution is -2.21. The Bertz CT molecular complexity index is 1350. The summed E-state index contributed by atoms with van der Waals surface area (Å²) in [6.07, 6.45) is 5.29. The number of hydrazone groups is 1. The predicted molar refractivity (Wildman–Crippen MR) is 119 cm³/mol. The van der Waals surface area contributed by atoms with Crippen molar-refractivity contribution in [3.05, 3.63) is 83.3 Å². The van der Waals surface area contributed by atoms with Crippen molar-refractivity contribution in [2.45, 2.75) is 26.2 Å². The number of hydrogen-bond donors (Lipinski definition) is 2. The third-order valence-electron chi connectivity index (χ3n) is 5.45. The lowest BCUT2D eigenvalue weighted by Gasteiger charge is -2.13. The van der Waals surface area contributed by atoms with Crippen molar-refractivity contribution in [2.24, 2.45) is 5.10 Å². The molecule has 2 N–H and O–H groups in total. The van der Waals surface area contributed by atoms with Crippen molar-refractivity contribution in [1.29, 1.82) is 0 Å². The number of nitrogens with zero attached hydrogens (tertiary/aromatic N) is 2. The van der Waals surface area contributed by atoms with E-state index in [1.165, 1.54) is 6.26 Å². The van der Waals surface area contributed by atoms with E-state index < -0.39 is 5.91 Å². The fourth-order valence-electron chi connectivity index (χ4n) is 3.96. The van der Waals surface area contributed by atoms with E-state index in [4.69, 9.17) is 8.83 Å². The molecule has 32 heavy (non-hydrogen) atoms. The highest BCUT2D eigenvalue weighted by Crippen LogP contribution is 2.31. The van der Waals surface area contributed by atoms with Gasteiger partial charge in [-0.15, -0.1) is 0 Å². The second-order valence-corrected chi connectivity index (χ2v) is 7.52. The van der Waals surface area contributed by atoms with Gasteiger partial charge in [-0.3, -0.25) is 14.6 Å². The molecule has 4 aromatic rings. The first-order chi connectivity index (χ1) is 15.6. The monoisotopic (exact) mass is 428 g/mol. The number of carbonyl (C=O) groups excluding carboxylic acids is 2. The zero-order chi connectivity index (χ0) is 22.1. The van der Waals surface area contributed by atoms with E-state index in [2.05, 4.69) is 20.8 Å². The van der Waals surface area contributed by atoms with E-state index in [9.17, 15) is 9.59 Å². The van der Waals surface area contributed by atoms with Crippen LogP contribution < -0.4 is 10.7 Å². The molecule has 3 aromatic heterocycles. The molecule has 8 nitrogen and oxygen atoms in total. The van der Waals surface area contributed by atoms with Gasteiger partial charge >= 0.3 is 5.91 Å². The molecule has 160 valence electrons. The van der Waals surface area contributed by atoms with Gasteiger partial charge < -0.3 is 14.2 Å². The van der Waals surface area contributed by atoms with E-state index in [-0.39, 0.29) is 17.4 Å². The number of rotatable bonds is 4. The number of nitrogens with one attached hydrogen (secondary N) is 2. The minimum absolute atomic E-state index is 0.179. The normalized spacial score (nSPS) is 14.3. The minimum Gasteiger partial charge on any atom is -0.459 e. The topological polar surface area (TPSA) is 110 Å². The van der Waals surface area contributed by atoms with Gasteiger partial charge in [0, 0.05) is 29.1 Å². The second-order valence-electron chi connectivity index (χ2n) is 7.52. The van der Waals surface area contributed by atoms with Crippen LogP contribution in [0.5, 0.6) is 0 Å². The third kappa shape index (κ3) is 3.56. The highest BCUT2D eigenvalue weighted by Gasteiger charge is 2.28. The first-order valence-corrected chi connectivity index (χ1v) is 10.3. The Hall–Kier alpha value is -4.20. The molecule has 8 heteroatoms. The van der Waals surface area contributed by atoms with Crippen molar-refractivity contribution in [2.75, 3.05) is 5.32 Å². The van der Waals surface area contributed by atoms with Crippen LogP contribution in [0.25, 0.3) is 10.9 Å². The number of pyridine rings is 1. The fourth-order valence-corrected chi connectivity index (χ4v) is 3.96. The van der Waals surface area contributed by atoms with Gasteiger partial charge in [-0.2, -0.15) is 5.10 Å². The number of hydrogen-bond acceptors (Lipinski definition) is 6. The van der Waals surface area contributed by atoms with Crippen LogP contribution in [-0.4, -0.2) is 22.5 Å². The minimum atomic E-state index is -0.433. The van der Waals surface area contributed by atoms with E-state index in [0.29, 0.717) is 41.1 Å². The molecular weight excluding hydrogens is 408 g/mol. The Kier molecular flexibility index (Phi) is 5.03. The zero-order valence-electron chi connectivity index (χ0n) is 17.3. The summed E-state index contributed by atoms with van der Waals surface area (Å²) in [5.74, 6) is 0.320. The number of aryl methyl sites for hydroxylation is 1. The number of fused-ring (bicyclic) bond motifs is 2. The van der Waals surface area contributed by atoms with Crippen molar-refractivity contribution in [1.82, 2.24) is 10.4 Å². The maximum absolute atomic E-state index is 13.1. The van der Waals surface area contributed by atoms with E-state index >= 15 is 0 Å². The van der Waals surface area contributed by atoms with E-state index in [0.717, 1.165) is 17.4 Å². The predicted octanol–water partition coefficient (Wildman–Crippen LogP) is 4.45. The summed E-state index contributed by atoms with van der Waals surface area (Å²) < 4.78 is 11.0. The molecule has 0 saturated heterocycles. The van der Waals surface area contributed by atoms with Crippen LogP contribution in [0.2, 0.25) is 0 Å². The molecule has 0 unspecified atom stereocenters. The summed E-state index contributed by atoms with van der Waals surface area (Å²) >= 11 is 0. The molecular formula is C24H20N4O4. The first-order valence-electron chi connectivity index (χ1n) is 10.3. The van der Waals surface area contributed by atoms with Crippen LogP contribution in [0.15, 0.2) is 68.9 Å². The van der Waals surface area contributed by atoms with Crippen molar-refractivity contribution >= 4 is 34.1 Å². The molecule has 3 heterocycles. The van der Waals surface area contributed by atoms with Crippen LogP contribution in [0.1, 0.15) is 50.8 Å². The third-order valence-corrected chi connectivity index (χ3v) is 5.45. The van der Waals surface area contributed by atoms with Gasteiger partial charge in [0.15, 0.2) is 11.5 Å². The summed E-state index contributed by atoms with van der Waals surface area (Å²) in [6.45, 7) is 1.83. The molecule has 0 radical (unpaired) electrons. The zero-order valence-corrected chi connectivity index (χ0v) is 17.3. The molecule has 0 saturated carbocycles. The van der Waals surface area contributed by atoms with Gasteiger partial charge in [-0.1, -0.05) is 18.2 Å². The summed E-state index contributed by atoms with van der Waals surface area (Å²) in [4.78, 5) is 29.6. The molecule has 0 aliphatic heterocycles. The Morgan fingerprint density at radius 3 is 2.78 bits per heavy atom. The van der Waals surface area contributed by atoms with Crippen LogP contribution in [-0.2, 0) is 6.42 Å². The maximum atomic E-state index is 13.1. The van der Waals surface area contributed by atoms with Crippen molar-refractivity contribution in [3.8, 4) is 0 Å². The first kappa shape index (κ1) is 19.7. The molecule has 0 atom stereocenters.